The van der Waals surface area contributed by atoms with Crippen LogP contribution in [0, 0.1) is 0 Å². The van der Waals surface area contributed by atoms with Crippen molar-refractivity contribution in [2.75, 3.05) is 14.2 Å². The molecule has 0 bridgehead atoms. The van der Waals surface area contributed by atoms with Crippen molar-refractivity contribution < 1.29 is 9.47 Å². The third-order valence-electron chi connectivity index (χ3n) is 2.98. The number of hydrogen-bond acceptors (Lipinski definition) is 2. The molecule has 2 aromatic rings. The van der Waals surface area contributed by atoms with Gasteiger partial charge in [0.1, 0.15) is 11.5 Å². The van der Waals surface area contributed by atoms with E-state index >= 15 is 0 Å². The minimum absolute atomic E-state index is 0.873. The lowest BCUT2D eigenvalue weighted by Gasteiger charge is -2.13. The molecular formula is C15H18O2. The van der Waals surface area contributed by atoms with Crippen molar-refractivity contribution in [1.29, 1.82) is 0 Å². The summed E-state index contributed by atoms with van der Waals surface area (Å²) in [5.41, 5.74) is 1.24. The molecule has 0 radical (unpaired) electrons. The molecule has 0 spiro atoms. The molecule has 0 heterocycles. The quantitative estimate of drug-likeness (QED) is 0.795. The van der Waals surface area contributed by atoms with Gasteiger partial charge in [0.15, 0.2) is 0 Å². The highest BCUT2D eigenvalue weighted by molar-refractivity contribution is 5.94. The molecule has 2 nitrogen and oxygen atoms in total. The van der Waals surface area contributed by atoms with E-state index in [1.165, 1.54) is 5.56 Å². The molecule has 0 fully saturated rings. The number of aryl methyl sites for hydroxylation is 1. The summed E-state index contributed by atoms with van der Waals surface area (Å²) < 4.78 is 11.0. The Balaban J connectivity index is 2.73. The summed E-state index contributed by atoms with van der Waals surface area (Å²) in [6.45, 7) is 2.17. The first-order valence-corrected chi connectivity index (χ1v) is 5.94. The molecule has 2 heteroatoms. The lowest BCUT2D eigenvalue weighted by atomic mass is 10.0. The SMILES string of the molecule is CCCc1ccc2cccc(OC)c2c1OC. The van der Waals surface area contributed by atoms with Gasteiger partial charge in [0.05, 0.1) is 19.6 Å². The van der Waals surface area contributed by atoms with Crippen LogP contribution in [0.1, 0.15) is 18.9 Å². The van der Waals surface area contributed by atoms with Crippen molar-refractivity contribution >= 4 is 10.8 Å². The van der Waals surface area contributed by atoms with Crippen LogP contribution in [0.5, 0.6) is 11.5 Å². The van der Waals surface area contributed by atoms with Crippen LogP contribution < -0.4 is 9.47 Å². The smallest absolute Gasteiger partial charge is 0.133 e. The van der Waals surface area contributed by atoms with Crippen LogP contribution in [0.4, 0.5) is 0 Å². The zero-order valence-electron chi connectivity index (χ0n) is 10.6. The molecule has 2 rings (SSSR count). The zero-order valence-corrected chi connectivity index (χ0v) is 10.6. The van der Waals surface area contributed by atoms with Gasteiger partial charge < -0.3 is 9.47 Å². The van der Waals surface area contributed by atoms with Crippen molar-refractivity contribution in [3.05, 3.63) is 35.9 Å². The largest absolute Gasteiger partial charge is 0.496 e. The summed E-state index contributed by atoms with van der Waals surface area (Å²) in [7, 11) is 3.42. The summed E-state index contributed by atoms with van der Waals surface area (Å²) in [4.78, 5) is 0. The van der Waals surface area contributed by atoms with Gasteiger partial charge in [0.25, 0.3) is 0 Å². The Bertz CT molecular complexity index is 518. The molecule has 0 unspecified atom stereocenters. The van der Waals surface area contributed by atoms with Crippen molar-refractivity contribution in [3.63, 3.8) is 0 Å². The van der Waals surface area contributed by atoms with Crippen LogP contribution >= 0.6 is 0 Å². The maximum Gasteiger partial charge on any atom is 0.133 e. The monoisotopic (exact) mass is 230 g/mol. The highest BCUT2D eigenvalue weighted by atomic mass is 16.5. The molecule has 0 aliphatic heterocycles. The summed E-state index contributed by atoms with van der Waals surface area (Å²) in [6, 6.07) is 10.3. The summed E-state index contributed by atoms with van der Waals surface area (Å²) in [6.07, 6.45) is 2.13. The molecule has 0 saturated carbocycles. The second-order valence-electron chi connectivity index (χ2n) is 4.07. The number of benzene rings is 2. The van der Waals surface area contributed by atoms with Crippen LogP contribution in [-0.2, 0) is 6.42 Å². The van der Waals surface area contributed by atoms with Crippen LogP contribution in [0.2, 0.25) is 0 Å². The average molecular weight is 230 g/mol. The Hall–Kier alpha value is -1.70. The lowest BCUT2D eigenvalue weighted by molar-refractivity contribution is 0.402. The van der Waals surface area contributed by atoms with Gasteiger partial charge in [-0.25, -0.2) is 0 Å². The van der Waals surface area contributed by atoms with E-state index in [0.717, 1.165) is 35.1 Å². The molecule has 0 saturated heterocycles. The maximum atomic E-state index is 5.57. The molecular weight excluding hydrogens is 212 g/mol. The van der Waals surface area contributed by atoms with E-state index in [1.807, 2.05) is 12.1 Å². The molecule has 0 aliphatic rings. The van der Waals surface area contributed by atoms with E-state index in [1.54, 1.807) is 14.2 Å². The number of ether oxygens (including phenoxy) is 2. The van der Waals surface area contributed by atoms with Gasteiger partial charge in [-0.2, -0.15) is 0 Å². The van der Waals surface area contributed by atoms with Crippen LogP contribution in [0.25, 0.3) is 10.8 Å². The summed E-state index contributed by atoms with van der Waals surface area (Å²) >= 11 is 0. The normalized spacial score (nSPS) is 10.5. The Kier molecular flexibility index (Phi) is 3.52. The first-order chi connectivity index (χ1) is 8.31. The van der Waals surface area contributed by atoms with Gasteiger partial charge in [0.2, 0.25) is 0 Å². The molecule has 0 aromatic heterocycles. The van der Waals surface area contributed by atoms with Crippen molar-refractivity contribution in [3.8, 4) is 11.5 Å². The molecule has 17 heavy (non-hydrogen) atoms. The van der Waals surface area contributed by atoms with Gasteiger partial charge in [-0.3, -0.25) is 0 Å². The van der Waals surface area contributed by atoms with Gasteiger partial charge in [-0.1, -0.05) is 37.6 Å². The number of methoxy groups -OCH3 is 2. The number of fused-ring (bicyclic) bond motifs is 1. The Labute approximate surface area is 102 Å². The molecule has 2 aromatic carbocycles. The Morgan fingerprint density at radius 3 is 2.47 bits per heavy atom. The van der Waals surface area contributed by atoms with Gasteiger partial charge in [-0.05, 0) is 23.4 Å². The molecule has 0 amide bonds. The minimum Gasteiger partial charge on any atom is -0.496 e. The Morgan fingerprint density at radius 1 is 1.00 bits per heavy atom. The fourth-order valence-electron chi connectivity index (χ4n) is 2.23. The molecule has 0 aliphatic carbocycles. The predicted octanol–water partition coefficient (Wildman–Crippen LogP) is 3.81. The van der Waals surface area contributed by atoms with Crippen LogP contribution in [-0.4, -0.2) is 14.2 Å². The lowest BCUT2D eigenvalue weighted by Crippen LogP contribution is -1.95. The van der Waals surface area contributed by atoms with Gasteiger partial charge >= 0.3 is 0 Å². The second-order valence-corrected chi connectivity index (χ2v) is 4.07. The molecule has 0 atom stereocenters. The fourth-order valence-corrected chi connectivity index (χ4v) is 2.23. The highest BCUT2D eigenvalue weighted by Gasteiger charge is 2.11. The first-order valence-electron chi connectivity index (χ1n) is 5.94. The average Bonchev–Trinajstić information content (AvgIpc) is 2.38. The second kappa shape index (κ2) is 5.09. The molecule has 0 N–H and O–H groups in total. The summed E-state index contributed by atoms with van der Waals surface area (Å²) in [5, 5.41) is 2.23. The first kappa shape index (κ1) is 11.8. The molecule has 90 valence electrons. The highest BCUT2D eigenvalue weighted by Crippen LogP contribution is 2.36. The van der Waals surface area contributed by atoms with Crippen molar-refractivity contribution in [2.45, 2.75) is 19.8 Å². The van der Waals surface area contributed by atoms with E-state index in [2.05, 4.69) is 25.1 Å². The topological polar surface area (TPSA) is 18.5 Å². The van der Waals surface area contributed by atoms with E-state index < -0.39 is 0 Å². The van der Waals surface area contributed by atoms with E-state index in [-0.39, 0.29) is 0 Å². The van der Waals surface area contributed by atoms with E-state index in [0.29, 0.717) is 0 Å². The van der Waals surface area contributed by atoms with Crippen molar-refractivity contribution in [1.82, 2.24) is 0 Å². The zero-order chi connectivity index (χ0) is 12.3. The Morgan fingerprint density at radius 2 is 1.82 bits per heavy atom. The van der Waals surface area contributed by atoms with E-state index in [9.17, 15) is 0 Å². The third-order valence-corrected chi connectivity index (χ3v) is 2.98. The van der Waals surface area contributed by atoms with Crippen molar-refractivity contribution in [2.24, 2.45) is 0 Å². The minimum atomic E-state index is 0.873. The van der Waals surface area contributed by atoms with Crippen LogP contribution in [0.15, 0.2) is 30.3 Å². The van der Waals surface area contributed by atoms with E-state index in [4.69, 9.17) is 9.47 Å². The number of hydrogen-bond donors (Lipinski definition) is 0. The van der Waals surface area contributed by atoms with Gasteiger partial charge in [0, 0.05) is 0 Å². The maximum absolute atomic E-state index is 5.57. The summed E-state index contributed by atoms with van der Waals surface area (Å²) in [5.74, 6) is 1.82. The standard InChI is InChI=1S/C15H18O2/c1-4-6-12-10-9-11-7-5-8-13(16-2)14(11)15(12)17-3/h5,7-10H,4,6H2,1-3H3. The number of rotatable bonds is 4. The fraction of sp³-hybridized carbons (Fsp3) is 0.333. The van der Waals surface area contributed by atoms with Crippen LogP contribution in [0.3, 0.4) is 0 Å². The predicted molar refractivity (Wildman–Crippen MR) is 71.0 cm³/mol. The third kappa shape index (κ3) is 2.07. The van der Waals surface area contributed by atoms with Gasteiger partial charge in [-0.15, -0.1) is 0 Å².